The Morgan fingerprint density at radius 3 is 2.41 bits per heavy atom. The number of hydrogen-bond donors (Lipinski definition) is 1. The van der Waals surface area contributed by atoms with Crippen molar-refractivity contribution < 1.29 is 9.32 Å². The van der Waals surface area contributed by atoms with Crippen LogP contribution in [-0.2, 0) is 17.3 Å². The molecule has 27 heavy (non-hydrogen) atoms. The molecule has 0 fully saturated rings. The highest BCUT2D eigenvalue weighted by Crippen LogP contribution is 2.31. The molecular weight excluding hydrogens is 421 g/mol. The molecule has 0 bridgehead atoms. The van der Waals surface area contributed by atoms with Crippen LogP contribution in [0.25, 0.3) is 21.8 Å². The van der Waals surface area contributed by atoms with E-state index in [9.17, 15) is 9.32 Å². The van der Waals surface area contributed by atoms with Gasteiger partial charge >= 0.3 is 0 Å². The van der Waals surface area contributed by atoms with Gasteiger partial charge in [-0.3, -0.25) is 4.21 Å². The minimum Gasteiger partial charge on any atom is -0.390 e. The molecule has 2 atom stereocenters. The largest absolute Gasteiger partial charge is 0.390 e. The van der Waals surface area contributed by atoms with Gasteiger partial charge in [0.15, 0.2) is 0 Å². The summed E-state index contributed by atoms with van der Waals surface area (Å²) in [5.74, 6) is 0.191. The third-order valence-corrected chi connectivity index (χ3v) is 6.57. The maximum absolute atomic E-state index is 12.5. The second-order valence-electron chi connectivity index (χ2n) is 6.53. The Bertz CT molecular complexity index is 1080. The van der Waals surface area contributed by atoms with E-state index < -0.39 is 16.9 Å². The number of aliphatic hydroxyl groups is 1. The summed E-state index contributed by atoms with van der Waals surface area (Å²) in [6, 6.07) is 21.1. The minimum absolute atomic E-state index is 0.191. The standard InChI is InChI=1S/C21H17BBrNO2S/c22-14-6-8-20-18(10-14)19-11-15(23)7-9-21(19)24(20)12-16(25)13-27(26)17-4-2-1-3-5-17/h1-11,16,25H,12-13H2. The quantitative estimate of drug-likeness (QED) is 0.485. The SMILES string of the molecule is [B]c1ccc2c(c1)c1cc(Br)ccc1n2CC(O)CS(=O)c1ccccc1. The number of aliphatic hydroxyl groups excluding tert-OH is 1. The lowest BCUT2D eigenvalue weighted by Gasteiger charge is -2.14. The average Bonchev–Trinajstić information content (AvgIpc) is 2.94. The van der Waals surface area contributed by atoms with Gasteiger partial charge in [0.1, 0.15) is 7.85 Å². The third kappa shape index (κ3) is 3.75. The van der Waals surface area contributed by atoms with Crippen molar-refractivity contribution in [2.75, 3.05) is 5.75 Å². The smallest absolute Gasteiger partial charge is 0.113 e. The third-order valence-electron chi connectivity index (χ3n) is 4.59. The van der Waals surface area contributed by atoms with Crippen molar-refractivity contribution in [2.24, 2.45) is 0 Å². The molecule has 0 aliphatic rings. The van der Waals surface area contributed by atoms with Crippen LogP contribution in [0.3, 0.4) is 0 Å². The number of benzene rings is 3. The molecule has 0 saturated carbocycles. The molecule has 0 aliphatic carbocycles. The summed E-state index contributed by atoms with van der Waals surface area (Å²) in [6.07, 6.45) is -0.731. The van der Waals surface area contributed by atoms with E-state index in [2.05, 4.69) is 26.6 Å². The van der Waals surface area contributed by atoms with Gasteiger partial charge in [0.05, 0.1) is 29.2 Å². The molecule has 2 radical (unpaired) electrons. The highest BCUT2D eigenvalue weighted by Gasteiger charge is 2.16. The van der Waals surface area contributed by atoms with Gasteiger partial charge in [0.25, 0.3) is 0 Å². The van der Waals surface area contributed by atoms with E-state index in [0.717, 1.165) is 31.2 Å². The van der Waals surface area contributed by atoms with Gasteiger partial charge in [0, 0.05) is 31.2 Å². The molecule has 134 valence electrons. The summed E-state index contributed by atoms with van der Waals surface area (Å²) >= 11 is 3.53. The van der Waals surface area contributed by atoms with Crippen molar-refractivity contribution in [1.82, 2.24) is 4.57 Å². The second kappa shape index (κ2) is 7.62. The molecule has 0 aliphatic heterocycles. The number of hydrogen-bond acceptors (Lipinski definition) is 2. The van der Waals surface area contributed by atoms with E-state index in [1.54, 1.807) is 0 Å². The Morgan fingerprint density at radius 2 is 1.67 bits per heavy atom. The molecule has 3 nitrogen and oxygen atoms in total. The van der Waals surface area contributed by atoms with Crippen LogP contribution in [0.1, 0.15) is 0 Å². The molecule has 0 amide bonds. The predicted molar refractivity (Wildman–Crippen MR) is 116 cm³/mol. The Hall–Kier alpha value is -1.89. The molecule has 1 aromatic heterocycles. The van der Waals surface area contributed by atoms with Crippen molar-refractivity contribution in [1.29, 1.82) is 0 Å². The summed E-state index contributed by atoms with van der Waals surface area (Å²) < 4.78 is 15.6. The van der Waals surface area contributed by atoms with Gasteiger partial charge in [0.2, 0.25) is 0 Å². The van der Waals surface area contributed by atoms with Gasteiger partial charge in [-0.05, 0) is 36.4 Å². The number of fused-ring (bicyclic) bond motifs is 3. The number of nitrogens with zero attached hydrogens (tertiary/aromatic N) is 1. The van der Waals surface area contributed by atoms with Gasteiger partial charge < -0.3 is 9.67 Å². The van der Waals surface area contributed by atoms with Crippen LogP contribution in [0, 0.1) is 0 Å². The van der Waals surface area contributed by atoms with Gasteiger partial charge in [-0.15, -0.1) is 0 Å². The normalized spacial score (nSPS) is 13.9. The zero-order valence-electron chi connectivity index (χ0n) is 14.5. The first-order chi connectivity index (χ1) is 13.0. The lowest BCUT2D eigenvalue weighted by Crippen LogP contribution is -2.23. The lowest BCUT2D eigenvalue weighted by atomic mass is 9.94. The maximum atomic E-state index is 12.5. The molecule has 4 rings (SSSR count). The van der Waals surface area contributed by atoms with Crippen LogP contribution < -0.4 is 5.46 Å². The predicted octanol–water partition coefficient (Wildman–Crippen LogP) is 3.52. The van der Waals surface area contributed by atoms with E-state index >= 15 is 0 Å². The van der Waals surface area contributed by atoms with E-state index in [1.165, 1.54) is 0 Å². The van der Waals surface area contributed by atoms with Gasteiger partial charge in [-0.2, -0.15) is 0 Å². The molecule has 0 spiro atoms. The van der Waals surface area contributed by atoms with Crippen LogP contribution in [-0.4, -0.2) is 33.6 Å². The lowest BCUT2D eigenvalue weighted by molar-refractivity contribution is 0.180. The Morgan fingerprint density at radius 1 is 1.00 bits per heavy atom. The van der Waals surface area contributed by atoms with Crippen molar-refractivity contribution in [3.8, 4) is 0 Å². The molecule has 0 saturated heterocycles. The van der Waals surface area contributed by atoms with Crippen LogP contribution >= 0.6 is 15.9 Å². The minimum atomic E-state index is -1.24. The van der Waals surface area contributed by atoms with Crippen molar-refractivity contribution in [3.63, 3.8) is 0 Å². The van der Waals surface area contributed by atoms with E-state index in [4.69, 9.17) is 7.85 Å². The van der Waals surface area contributed by atoms with Gasteiger partial charge in [-0.25, -0.2) is 0 Å². The van der Waals surface area contributed by atoms with Gasteiger partial charge in [-0.1, -0.05) is 51.7 Å². The molecule has 6 heteroatoms. The zero-order valence-corrected chi connectivity index (χ0v) is 16.9. The first-order valence-electron chi connectivity index (χ1n) is 8.61. The molecule has 3 aromatic carbocycles. The average molecular weight is 438 g/mol. The summed E-state index contributed by atoms with van der Waals surface area (Å²) in [6.45, 7) is 0.365. The highest BCUT2D eigenvalue weighted by atomic mass is 79.9. The van der Waals surface area contributed by atoms with E-state index in [1.807, 2.05) is 60.7 Å². The first kappa shape index (κ1) is 18.5. The molecular formula is C21H17BBrNO2S. The Kier molecular flexibility index (Phi) is 5.22. The van der Waals surface area contributed by atoms with Crippen molar-refractivity contribution in [2.45, 2.75) is 17.5 Å². The van der Waals surface area contributed by atoms with Crippen LogP contribution in [0.4, 0.5) is 0 Å². The first-order valence-corrected chi connectivity index (χ1v) is 10.7. The fourth-order valence-corrected chi connectivity index (χ4v) is 4.87. The van der Waals surface area contributed by atoms with Crippen molar-refractivity contribution >= 4 is 61.8 Å². The Balaban J connectivity index is 1.69. The number of aromatic nitrogens is 1. The summed E-state index contributed by atoms with van der Waals surface area (Å²) in [4.78, 5) is 0.732. The maximum Gasteiger partial charge on any atom is 0.113 e. The van der Waals surface area contributed by atoms with Crippen LogP contribution in [0.15, 0.2) is 76.1 Å². The topological polar surface area (TPSA) is 42.2 Å². The number of rotatable bonds is 5. The highest BCUT2D eigenvalue weighted by molar-refractivity contribution is 9.10. The van der Waals surface area contributed by atoms with Crippen LogP contribution in [0.5, 0.6) is 0 Å². The molecule has 1 N–H and O–H groups in total. The Labute approximate surface area is 170 Å². The van der Waals surface area contributed by atoms with Crippen molar-refractivity contribution in [3.05, 3.63) is 71.2 Å². The fraction of sp³-hybridized carbons (Fsp3) is 0.143. The summed E-state index contributed by atoms with van der Waals surface area (Å²) in [7, 11) is 4.74. The fourth-order valence-electron chi connectivity index (χ4n) is 3.40. The van der Waals surface area contributed by atoms with E-state index in [0.29, 0.717) is 12.0 Å². The molecule has 2 unspecified atom stereocenters. The van der Waals surface area contributed by atoms with E-state index in [-0.39, 0.29) is 5.75 Å². The summed E-state index contributed by atoms with van der Waals surface area (Å²) in [5, 5.41) is 12.7. The zero-order chi connectivity index (χ0) is 19.0. The van der Waals surface area contributed by atoms with Crippen LogP contribution in [0.2, 0.25) is 0 Å². The summed E-state index contributed by atoms with van der Waals surface area (Å²) in [5.41, 5.74) is 2.72. The molecule has 4 aromatic rings. The monoisotopic (exact) mass is 437 g/mol. The number of halogens is 1. The molecule has 1 heterocycles. The second-order valence-corrected chi connectivity index (χ2v) is 8.94.